The number of hydrogen-bond acceptors (Lipinski definition) is 6. The largest absolute Gasteiger partial charge is 0.353 e. The maximum atomic E-state index is 12.2. The fourth-order valence-corrected chi connectivity index (χ4v) is 4.88. The molecule has 4 aromatic rings. The van der Waals surface area contributed by atoms with Gasteiger partial charge in [-0.15, -0.1) is 0 Å². The number of hydrogen-bond donors (Lipinski definition) is 1. The minimum atomic E-state index is 0.139. The lowest BCUT2D eigenvalue weighted by atomic mass is 9.85. The molecule has 0 atom stereocenters. The van der Waals surface area contributed by atoms with E-state index in [4.69, 9.17) is 4.98 Å². The fraction of sp³-hybridized carbons (Fsp3) is 0.310. The average Bonchev–Trinajstić information content (AvgIpc) is 2.88. The molecule has 1 saturated heterocycles. The molecule has 1 saturated carbocycles. The molecule has 1 aliphatic heterocycles. The van der Waals surface area contributed by atoms with Crippen LogP contribution in [0.25, 0.3) is 22.2 Å². The summed E-state index contributed by atoms with van der Waals surface area (Å²) in [7, 11) is 0. The van der Waals surface area contributed by atoms with Gasteiger partial charge in [-0.25, -0.2) is 4.98 Å². The van der Waals surface area contributed by atoms with E-state index in [2.05, 4.69) is 55.4 Å². The minimum absolute atomic E-state index is 0.139. The van der Waals surface area contributed by atoms with Crippen LogP contribution < -0.4 is 10.2 Å². The summed E-state index contributed by atoms with van der Waals surface area (Å²) in [6.07, 6.45) is 8.81. The molecule has 2 aromatic heterocycles. The van der Waals surface area contributed by atoms with Gasteiger partial charge in [0.2, 0.25) is 5.91 Å². The third-order valence-corrected chi connectivity index (χ3v) is 7.32. The second kappa shape index (κ2) is 10.0. The molecule has 0 unspecified atom stereocenters. The maximum absolute atomic E-state index is 12.2. The summed E-state index contributed by atoms with van der Waals surface area (Å²) in [4.78, 5) is 30.9. The van der Waals surface area contributed by atoms with E-state index in [-0.39, 0.29) is 11.8 Å². The van der Waals surface area contributed by atoms with Crippen molar-refractivity contribution in [1.82, 2.24) is 19.9 Å². The third kappa shape index (κ3) is 4.93. The van der Waals surface area contributed by atoms with Gasteiger partial charge in [0.1, 0.15) is 5.82 Å². The molecule has 0 bridgehead atoms. The molecular weight excluding hydrogens is 448 g/mol. The van der Waals surface area contributed by atoms with E-state index in [1.807, 2.05) is 42.9 Å². The number of nitrogens with one attached hydrogen (secondary N) is 1. The van der Waals surface area contributed by atoms with E-state index in [9.17, 15) is 4.79 Å². The predicted molar refractivity (Wildman–Crippen MR) is 143 cm³/mol. The van der Waals surface area contributed by atoms with Gasteiger partial charge in [0, 0.05) is 56.7 Å². The number of pyridine rings is 1. The number of carbonyl (C=O) groups excluding carboxylic acids is 1. The van der Waals surface area contributed by atoms with Crippen LogP contribution in [0.4, 0.5) is 11.5 Å². The maximum Gasteiger partial charge on any atom is 0.227 e. The molecule has 0 spiro atoms. The molecular formula is C29H30N6O. The van der Waals surface area contributed by atoms with Crippen LogP contribution in [0.5, 0.6) is 0 Å². The summed E-state index contributed by atoms with van der Waals surface area (Å²) >= 11 is 0. The molecule has 1 N–H and O–H groups in total. The molecule has 1 aliphatic carbocycles. The molecule has 0 radical (unpaired) electrons. The normalized spacial score (nSPS) is 16.6. The van der Waals surface area contributed by atoms with Crippen LogP contribution in [-0.2, 0) is 11.3 Å². The van der Waals surface area contributed by atoms with Crippen molar-refractivity contribution in [2.45, 2.75) is 25.8 Å². The highest BCUT2D eigenvalue weighted by atomic mass is 16.1. The summed E-state index contributed by atoms with van der Waals surface area (Å²) in [5, 5.41) is 3.04. The third-order valence-electron chi connectivity index (χ3n) is 7.32. The highest BCUT2D eigenvalue weighted by Gasteiger charge is 2.25. The summed E-state index contributed by atoms with van der Waals surface area (Å²) < 4.78 is 0. The minimum Gasteiger partial charge on any atom is -0.353 e. The molecule has 3 heterocycles. The Kier molecular flexibility index (Phi) is 6.30. The van der Waals surface area contributed by atoms with Crippen molar-refractivity contribution in [2.75, 3.05) is 36.4 Å². The van der Waals surface area contributed by atoms with Crippen molar-refractivity contribution in [2.24, 2.45) is 5.92 Å². The highest BCUT2D eigenvalue weighted by molar-refractivity contribution is 5.93. The first-order valence-corrected chi connectivity index (χ1v) is 12.8. The number of anilines is 2. The lowest BCUT2D eigenvalue weighted by Crippen LogP contribution is -2.46. The Morgan fingerprint density at radius 1 is 0.917 bits per heavy atom. The first kappa shape index (κ1) is 22.6. The van der Waals surface area contributed by atoms with Crippen molar-refractivity contribution in [3.05, 3.63) is 78.8 Å². The van der Waals surface area contributed by atoms with Crippen LogP contribution in [0, 0.1) is 5.92 Å². The van der Waals surface area contributed by atoms with Gasteiger partial charge >= 0.3 is 0 Å². The molecule has 2 aromatic carbocycles. The highest BCUT2D eigenvalue weighted by Crippen LogP contribution is 2.29. The predicted octanol–water partition coefficient (Wildman–Crippen LogP) is 4.75. The van der Waals surface area contributed by atoms with Crippen LogP contribution in [0.2, 0.25) is 0 Å². The lowest BCUT2D eigenvalue weighted by Gasteiger charge is -2.35. The Bertz CT molecular complexity index is 1350. The Labute approximate surface area is 211 Å². The average molecular weight is 479 g/mol. The first-order valence-electron chi connectivity index (χ1n) is 12.8. The van der Waals surface area contributed by atoms with Crippen LogP contribution >= 0.6 is 0 Å². The molecule has 2 aliphatic rings. The van der Waals surface area contributed by atoms with E-state index >= 15 is 0 Å². The zero-order chi connectivity index (χ0) is 24.3. The number of nitrogens with zero attached hydrogens (tertiary/aromatic N) is 5. The molecule has 6 rings (SSSR count). The number of amides is 1. The van der Waals surface area contributed by atoms with Crippen molar-refractivity contribution in [3.63, 3.8) is 0 Å². The Balaban J connectivity index is 1.13. The monoisotopic (exact) mass is 478 g/mol. The molecule has 182 valence electrons. The van der Waals surface area contributed by atoms with Gasteiger partial charge in [-0.3, -0.25) is 19.7 Å². The smallest absolute Gasteiger partial charge is 0.227 e. The molecule has 7 heteroatoms. The number of fused-ring (bicyclic) bond motifs is 1. The standard InChI is InChI=1S/C29H30N6O/c36-29(23-4-1-5-23)32-25-9-6-22(7-10-25)24-8-11-26-27(17-24)33-28(19-31-26)35-15-13-34(14-16-35)20-21-3-2-12-30-18-21/h2-3,6-12,17-19,23H,1,4-5,13-16,20H2,(H,32,36). The zero-order valence-corrected chi connectivity index (χ0v) is 20.3. The van der Waals surface area contributed by atoms with Gasteiger partial charge in [-0.05, 0) is 59.9 Å². The van der Waals surface area contributed by atoms with Gasteiger partial charge < -0.3 is 10.2 Å². The van der Waals surface area contributed by atoms with E-state index in [1.54, 1.807) is 0 Å². The molecule has 2 fully saturated rings. The number of piperazine rings is 1. The van der Waals surface area contributed by atoms with Crippen LogP contribution in [0.1, 0.15) is 24.8 Å². The second-order valence-electron chi connectivity index (χ2n) is 9.75. The molecule has 7 nitrogen and oxygen atoms in total. The van der Waals surface area contributed by atoms with Crippen molar-refractivity contribution in [3.8, 4) is 11.1 Å². The van der Waals surface area contributed by atoms with Gasteiger partial charge in [-0.2, -0.15) is 0 Å². The number of rotatable bonds is 6. The molecule has 36 heavy (non-hydrogen) atoms. The topological polar surface area (TPSA) is 74.2 Å². The lowest BCUT2D eigenvalue weighted by molar-refractivity contribution is -0.122. The Morgan fingerprint density at radius 2 is 1.72 bits per heavy atom. The van der Waals surface area contributed by atoms with Gasteiger partial charge in [0.25, 0.3) is 0 Å². The van der Waals surface area contributed by atoms with Crippen molar-refractivity contribution >= 4 is 28.4 Å². The first-order chi connectivity index (χ1) is 17.7. The van der Waals surface area contributed by atoms with Gasteiger partial charge in [0.05, 0.1) is 17.2 Å². The Hall–Kier alpha value is -3.84. The Morgan fingerprint density at radius 3 is 2.44 bits per heavy atom. The van der Waals surface area contributed by atoms with E-state index in [0.717, 1.165) is 85.7 Å². The van der Waals surface area contributed by atoms with Crippen LogP contribution in [-0.4, -0.2) is 51.9 Å². The van der Waals surface area contributed by atoms with Crippen molar-refractivity contribution in [1.29, 1.82) is 0 Å². The van der Waals surface area contributed by atoms with E-state index in [1.165, 1.54) is 5.56 Å². The van der Waals surface area contributed by atoms with Crippen LogP contribution in [0.3, 0.4) is 0 Å². The summed E-state index contributed by atoms with van der Waals surface area (Å²) in [6, 6.07) is 18.4. The van der Waals surface area contributed by atoms with E-state index < -0.39 is 0 Å². The van der Waals surface area contributed by atoms with Crippen LogP contribution in [0.15, 0.2) is 73.2 Å². The quantitative estimate of drug-likeness (QED) is 0.431. The molecule has 1 amide bonds. The zero-order valence-electron chi connectivity index (χ0n) is 20.3. The fourth-order valence-electron chi connectivity index (χ4n) is 4.88. The summed E-state index contributed by atoms with van der Waals surface area (Å²) in [5.74, 6) is 1.25. The second-order valence-corrected chi connectivity index (χ2v) is 9.75. The summed E-state index contributed by atoms with van der Waals surface area (Å²) in [5.41, 5.74) is 6.06. The number of benzene rings is 2. The van der Waals surface area contributed by atoms with Gasteiger partial charge in [0.15, 0.2) is 0 Å². The van der Waals surface area contributed by atoms with Crippen molar-refractivity contribution < 1.29 is 4.79 Å². The SMILES string of the molecule is O=C(Nc1ccc(-c2ccc3ncc(N4CCN(Cc5cccnc5)CC4)nc3c2)cc1)C1CCC1. The summed E-state index contributed by atoms with van der Waals surface area (Å²) in [6.45, 7) is 4.75. The van der Waals surface area contributed by atoms with Gasteiger partial charge in [-0.1, -0.05) is 30.7 Å². The number of carbonyl (C=O) groups is 1. The number of aromatic nitrogens is 3. The van der Waals surface area contributed by atoms with E-state index in [0.29, 0.717) is 0 Å².